The van der Waals surface area contributed by atoms with E-state index in [0.29, 0.717) is 55.3 Å². The van der Waals surface area contributed by atoms with Crippen molar-refractivity contribution in [2.24, 2.45) is 0 Å². The Morgan fingerprint density at radius 1 is 1.19 bits per heavy atom. The van der Waals surface area contributed by atoms with E-state index >= 15 is 0 Å². The number of nitrogens with one attached hydrogen (secondary N) is 3. The molecule has 0 saturated carbocycles. The van der Waals surface area contributed by atoms with Gasteiger partial charge in [-0.05, 0) is 42.3 Å². The summed E-state index contributed by atoms with van der Waals surface area (Å²) in [5, 5.41) is 23.0. The number of hydrogen-bond donors (Lipinski definition) is 4. The first-order chi connectivity index (χ1) is 17.7. The number of aromatic hydroxyl groups is 1. The number of likely N-dealkylation sites (N-methyl/N-ethyl adjacent to an activating group) is 1. The van der Waals surface area contributed by atoms with Crippen molar-refractivity contribution in [1.82, 2.24) is 20.4 Å². The minimum Gasteiger partial charge on any atom is -0.508 e. The highest BCUT2D eigenvalue weighted by atomic mass is 16.5. The normalized spacial score (nSPS) is 18.9. The van der Waals surface area contributed by atoms with Crippen molar-refractivity contribution >= 4 is 23.7 Å². The van der Waals surface area contributed by atoms with Crippen molar-refractivity contribution in [3.8, 4) is 17.6 Å². The van der Waals surface area contributed by atoms with Crippen LogP contribution in [0.25, 0.3) is 0 Å². The van der Waals surface area contributed by atoms with Gasteiger partial charge in [-0.3, -0.25) is 20.3 Å². The number of imide groups is 1. The number of phenols is 1. The van der Waals surface area contributed by atoms with Crippen LogP contribution in [0.4, 0.5) is 4.79 Å². The summed E-state index contributed by atoms with van der Waals surface area (Å²) in [6, 6.07) is 10.9. The number of carbonyl (C=O) groups is 3. The number of nitrogens with zero attached hydrogens (tertiary/aromatic N) is 2. The monoisotopic (exact) mass is 503 g/mol. The first kappa shape index (κ1) is 25.7. The number of carbonyl (C=O) groups excluding carboxylic acids is 3. The second-order valence-corrected chi connectivity index (χ2v) is 8.95. The molecule has 192 valence electrons. The van der Waals surface area contributed by atoms with Crippen LogP contribution in [-0.2, 0) is 16.0 Å². The molecule has 2 aliphatic heterocycles. The third kappa shape index (κ3) is 5.57. The maximum Gasteiger partial charge on any atom is 0.323 e. The standard InChI is InChI=1S/C27H29N5O5/c1-3-19-16-21(33)8-9-22(19)24(34)31(2)17-27(25(35)29-26(36)30-27)11-10-18-4-6-20(7-5-18)23(28)32-12-14-37-15-13-32/h4-9,16,28,33H,3,12-15,17H2,1-2H3,(H2,29,30,35,36)/t27-/m1/s1. The molecule has 2 aliphatic rings. The third-order valence-corrected chi connectivity index (χ3v) is 6.37. The van der Waals surface area contributed by atoms with Gasteiger partial charge in [-0.15, -0.1) is 0 Å². The highest BCUT2D eigenvalue weighted by Crippen LogP contribution is 2.20. The number of phenolic OH excluding ortho intramolecular Hbond substituents is 1. The van der Waals surface area contributed by atoms with Crippen LogP contribution >= 0.6 is 0 Å². The van der Waals surface area contributed by atoms with E-state index < -0.39 is 17.5 Å². The smallest absolute Gasteiger partial charge is 0.323 e. The molecule has 4 amide bonds. The number of amidine groups is 1. The van der Waals surface area contributed by atoms with Crippen LogP contribution in [0, 0.1) is 17.3 Å². The molecule has 0 aliphatic carbocycles. The van der Waals surface area contributed by atoms with Crippen molar-refractivity contribution < 1.29 is 24.2 Å². The molecule has 0 spiro atoms. The molecule has 0 radical (unpaired) electrons. The number of ether oxygens (including phenoxy) is 1. The topological polar surface area (TPSA) is 135 Å². The lowest BCUT2D eigenvalue weighted by molar-refractivity contribution is -0.122. The molecule has 2 fully saturated rings. The molecule has 2 heterocycles. The molecule has 0 unspecified atom stereocenters. The lowest BCUT2D eigenvalue weighted by Gasteiger charge is -2.29. The molecule has 1 atom stereocenters. The van der Waals surface area contributed by atoms with E-state index in [1.54, 1.807) is 24.3 Å². The fourth-order valence-electron chi connectivity index (χ4n) is 4.30. The van der Waals surface area contributed by atoms with Crippen molar-refractivity contribution in [3.63, 3.8) is 0 Å². The maximum atomic E-state index is 13.2. The van der Waals surface area contributed by atoms with E-state index in [2.05, 4.69) is 22.5 Å². The highest BCUT2D eigenvalue weighted by molar-refractivity contribution is 6.10. The van der Waals surface area contributed by atoms with Crippen LogP contribution < -0.4 is 10.6 Å². The molecule has 10 nitrogen and oxygen atoms in total. The van der Waals surface area contributed by atoms with Gasteiger partial charge in [0.1, 0.15) is 11.6 Å². The van der Waals surface area contributed by atoms with Crippen molar-refractivity contribution in [2.45, 2.75) is 18.9 Å². The van der Waals surface area contributed by atoms with Gasteiger partial charge in [-0.2, -0.15) is 0 Å². The Bertz CT molecular complexity index is 1290. The number of urea groups is 1. The Morgan fingerprint density at radius 3 is 2.51 bits per heavy atom. The molecular formula is C27H29N5O5. The summed E-state index contributed by atoms with van der Waals surface area (Å²) in [5.41, 5.74) is 0.755. The molecule has 0 bridgehead atoms. The van der Waals surface area contributed by atoms with Crippen LogP contribution in [0.1, 0.15) is 34.0 Å². The predicted octanol–water partition coefficient (Wildman–Crippen LogP) is 1.31. The number of morpholine rings is 1. The molecule has 10 heteroatoms. The minimum atomic E-state index is -1.63. The van der Waals surface area contributed by atoms with Gasteiger partial charge in [-0.1, -0.05) is 30.9 Å². The van der Waals surface area contributed by atoms with Gasteiger partial charge in [0.25, 0.3) is 11.8 Å². The van der Waals surface area contributed by atoms with Crippen LogP contribution in [0.5, 0.6) is 5.75 Å². The minimum absolute atomic E-state index is 0.0620. The Hall–Kier alpha value is -4.36. The second-order valence-electron chi connectivity index (χ2n) is 8.95. The van der Waals surface area contributed by atoms with Gasteiger partial charge in [0.05, 0.1) is 19.8 Å². The number of amides is 4. The summed E-state index contributed by atoms with van der Waals surface area (Å²) in [5.74, 6) is 5.27. The molecule has 4 N–H and O–H groups in total. The molecule has 2 aromatic rings. The van der Waals surface area contributed by atoms with Crippen molar-refractivity contribution in [2.75, 3.05) is 39.9 Å². The number of aryl methyl sites for hydroxylation is 1. The van der Waals surface area contributed by atoms with Gasteiger partial charge < -0.3 is 25.0 Å². The van der Waals surface area contributed by atoms with Gasteiger partial charge >= 0.3 is 6.03 Å². The third-order valence-electron chi connectivity index (χ3n) is 6.37. The van der Waals surface area contributed by atoms with E-state index in [0.717, 1.165) is 5.56 Å². The summed E-state index contributed by atoms with van der Waals surface area (Å²) in [7, 11) is 1.53. The average molecular weight is 504 g/mol. The molecule has 2 aromatic carbocycles. The summed E-state index contributed by atoms with van der Waals surface area (Å²) in [6.07, 6.45) is 0.532. The first-order valence-electron chi connectivity index (χ1n) is 12.0. The lowest BCUT2D eigenvalue weighted by atomic mass is 9.97. The van der Waals surface area contributed by atoms with Crippen molar-refractivity contribution in [1.29, 1.82) is 5.41 Å². The van der Waals surface area contributed by atoms with Crippen LogP contribution in [0.2, 0.25) is 0 Å². The van der Waals surface area contributed by atoms with Crippen LogP contribution in [0.15, 0.2) is 42.5 Å². The summed E-state index contributed by atoms with van der Waals surface area (Å²) in [6.45, 7) is 4.19. The quantitative estimate of drug-likeness (QED) is 0.210. The molecule has 4 rings (SSSR count). The van der Waals surface area contributed by atoms with Gasteiger partial charge in [-0.25, -0.2) is 4.79 Å². The lowest BCUT2D eigenvalue weighted by Crippen LogP contribution is -2.54. The Balaban J connectivity index is 1.55. The first-order valence-corrected chi connectivity index (χ1v) is 12.0. The zero-order valence-corrected chi connectivity index (χ0v) is 20.8. The Labute approximate surface area is 215 Å². The van der Waals surface area contributed by atoms with Gasteiger partial charge in [0.15, 0.2) is 0 Å². The number of benzene rings is 2. The zero-order chi connectivity index (χ0) is 26.6. The average Bonchev–Trinajstić information content (AvgIpc) is 3.19. The zero-order valence-electron chi connectivity index (χ0n) is 20.8. The maximum absolute atomic E-state index is 13.2. The molecular weight excluding hydrogens is 474 g/mol. The molecule has 0 aromatic heterocycles. The van der Waals surface area contributed by atoms with E-state index in [-0.39, 0.29) is 18.2 Å². The second kappa shape index (κ2) is 10.7. The van der Waals surface area contributed by atoms with E-state index in [4.69, 9.17) is 10.1 Å². The fourth-order valence-corrected chi connectivity index (χ4v) is 4.30. The van der Waals surface area contributed by atoms with Crippen LogP contribution in [-0.4, -0.2) is 84.0 Å². The number of rotatable bonds is 5. The van der Waals surface area contributed by atoms with Gasteiger partial charge in [0, 0.05) is 36.8 Å². The highest BCUT2D eigenvalue weighted by Gasteiger charge is 2.46. The summed E-state index contributed by atoms with van der Waals surface area (Å²) >= 11 is 0. The summed E-state index contributed by atoms with van der Waals surface area (Å²) < 4.78 is 5.34. The molecule has 37 heavy (non-hydrogen) atoms. The Morgan fingerprint density at radius 2 is 1.89 bits per heavy atom. The van der Waals surface area contributed by atoms with Crippen LogP contribution in [0.3, 0.4) is 0 Å². The SMILES string of the molecule is CCc1cc(O)ccc1C(=O)N(C)C[C@@]1(C#Cc2ccc(C(=N)N3CCOCC3)cc2)NC(=O)NC1=O. The fraction of sp³-hybridized carbons (Fsp3) is 0.333. The van der Waals surface area contributed by atoms with E-state index in [1.165, 1.54) is 30.1 Å². The van der Waals surface area contributed by atoms with Crippen molar-refractivity contribution in [3.05, 3.63) is 64.7 Å². The largest absolute Gasteiger partial charge is 0.508 e. The molecule has 2 saturated heterocycles. The summed E-state index contributed by atoms with van der Waals surface area (Å²) in [4.78, 5) is 41.3. The van der Waals surface area contributed by atoms with Gasteiger partial charge in [0.2, 0.25) is 5.54 Å². The van der Waals surface area contributed by atoms with E-state index in [9.17, 15) is 19.5 Å². The Kier molecular flexibility index (Phi) is 7.45. The predicted molar refractivity (Wildman–Crippen MR) is 136 cm³/mol. The number of hydrogen-bond acceptors (Lipinski definition) is 6. The van der Waals surface area contributed by atoms with E-state index in [1.807, 2.05) is 11.8 Å².